The molecule has 6 nitrogen and oxygen atoms in total. The van der Waals surface area contributed by atoms with E-state index in [1.807, 2.05) is 37.3 Å². The van der Waals surface area contributed by atoms with E-state index in [1.165, 1.54) is 22.2 Å². The molecule has 0 saturated carbocycles. The Kier molecular flexibility index (Phi) is 5.05. The van der Waals surface area contributed by atoms with E-state index in [1.54, 1.807) is 0 Å². The van der Waals surface area contributed by atoms with Crippen LogP contribution in [0.4, 0.5) is 0 Å². The Morgan fingerprint density at radius 2 is 2.19 bits per heavy atom. The molecule has 1 aromatic carbocycles. The molecule has 3 heterocycles. The predicted octanol–water partition coefficient (Wildman–Crippen LogP) is 2.73. The molecule has 27 heavy (non-hydrogen) atoms. The highest BCUT2D eigenvalue weighted by Crippen LogP contribution is 2.35. The van der Waals surface area contributed by atoms with Crippen LogP contribution < -0.4 is 10.9 Å². The van der Waals surface area contributed by atoms with E-state index in [9.17, 15) is 9.59 Å². The molecule has 2 aromatic heterocycles. The van der Waals surface area contributed by atoms with Gasteiger partial charge in [0.1, 0.15) is 11.4 Å². The average molecular weight is 383 g/mol. The SMILES string of the molecule is Cc1sc2ncn(CC(=O)NCC3CCCO3)c(=O)c2c1-c1ccccc1. The van der Waals surface area contributed by atoms with E-state index in [-0.39, 0.29) is 24.1 Å². The standard InChI is InChI=1S/C20H21N3O3S/c1-13-17(14-6-3-2-4-7-14)18-19(27-13)22-12-23(20(18)25)11-16(24)21-10-15-8-5-9-26-15/h2-4,6-7,12,15H,5,8-11H2,1H3,(H,21,24). The summed E-state index contributed by atoms with van der Waals surface area (Å²) in [6.07, 6.45) is 3.53. The molecule has 3 aromatic rings. The molecular weight excluding hydrogens is 362 g/mol. The van der Waals surface area contributed by atoms with Crippen molar-refractivity contribution in [3.63, 3.8) is 0 Å². The number of thiophene rings is 1. The number of ether oxygens (including phenoxy) is 1. The van der Waals surface area contributed by atoms with Gasteiger partial charge in [-0.25, -0.2) is 4.98 Å². The van der Waals surface area contributed by atoms with Crippen LogP contribution in [0.1, 0.15) is 17.7 Å². The van der Waals surface area contributed by atoms with Crippen molar-refractivity contribution in [2.75, 3.05) is 13.2 Å². The minimum atomic E-state index is -0.207. The molecule has 0 radical (unpaired) electrons. The number of carbonyl (C=O) groups is 1. The molecule has 0 bridgehead atoms. The smallest absolute Gasteiger partial charge is 0.263 e. The number of aryl methyl sites for hydroxylation is 1. The van der Waals surface area contributed by atoms with Crippen molar-refractivity contribution >= 4 is 27.5 Å². The molecule has 1 fully saturated rings. The van der Waals surface area contributed by atoms with Crippen LogP contribution in [0.25, 0.3) is 21.3 Å². The summed E-state index contributed by atoms with van der Waals surface area (Å²) in [7, 11) is 0. The summed E-state index contributed by atoms with van der Waals surface area (Å²) in [5.74, 6) is -0.207. The molecule has 1 atom stereocenters. The van der Waals surface area contributed by atoms with E-state index in [4.69, 9.17) is 4.74 Å². The zero-order chi connectivity index (χ0) is 18.8. The van der Waals surface area contributed by atoms with Crippen LogP contribution in [0.3, 0.4) is 0 Å². The zero-order valence-corrected chi connectivity index (χ0v) is 15.9. The Balaban J connectivity index is 1.62. The fourth-order valence-corrected chi connectivity index (χ4v) is 4.45. The van der Waals surface area contributed by atoms with E-state index in [2.05, 4.69) is 10.3 Å². The van der Waals surface area contributed by atoms with Crippen LogP contribution in [0.5, 0.6) is 0 Å². The van der Waals surface area contributed by atoms with E-state index in [0.29, 0.717) is 16.8 Å². The largest absolute Gasteiger partial charge is 0.376 e. The third kappa shape index (κ3) is 3.65. The quantitative estimate of drug-likeness (QED) is 0.735. The maximum absolute atomic E-state index is 13.1. The van der Waals surface area contributed by atoms with Crippen molar-refractivity contribution in [2.24, 2.45) is 0 Å². The summed E-state index contributed by atoms with van der Waals surface area (Å²) in [5.41, 5.74) is 1.71. The third-order valence-corrected chi connectivity index (χ3v) is 5.80. The van der Waals surface area contributed by atoms with Crippen LogP contribution in [-0.2, 0) is 16.1 Å². The van der Waals surface area contributed by atoms with Crippen LogP contribution in [0, 0.1) is 6.92 Å². The highest BCUT2D eigenvalue weighted by Gasteiger charge is 2.19. The number of carbonyl (C=O) groups excluding carboxylic acids is 1. The maximum atomic E-state index is 13.1. The number of fused-ring (bicyclic) bond motifs is 1. The molecule has 1 N–H and O–H groups in total. The molecule has 1 unspecified atom stereocenters. The van der Waals surface area contributed by atoms with Crippen molar-refractivity contribution in [1.29, 1.82) is 0 Å². The van der Waals surface area contributed by atoms with Crippen LogP contribution in [0.15, 0.2) is 41.5 Å². The van der Waals surface area contributed by atoms with E-state index < -0.39 is 0 Å². The Morgan fingerprint density at radius 1 is 1.37 bits per heavy atom. The highest BCUT2D eigenvalue weighted by atomic mass is 32.1. The van der Waals surface area contributed by atoms with Gasteiger partial charge >= 0.3 is 0 Å². The van der Waals surface area contributed by atoms with Crippen molar-refractivity contribution in [3.05, 3.63) is 51.9 Å². The highest BCUT2D eigenvalue weighted by molar-refractivity contribution is 7.19. The Hall–Kier alpha value is -2.51. The molecule has 4 rings (SSSR count). The lowest BCUT2D eigenvalue weighted by molar-refractivity contribution is -0.122. The van der Waals surface area contributed by atoms with E-state index in [0.717, 1.165) is 35.5 Å². The summed E-state index contributed by atoms with van der Waals surface area (Å²) < 4.78 is 6.89. The van der Waals surface area contributed by atoms with Gasteiger partial charge in [0, 0.05) is 23.6 Å². The van der Waals surface area contributed by atoms with Crippen LogP contribution >= 0.6 is 11.3 Å². The van der Waals surface area contributed by atoms with E-state index >= 15 is 0 Å². The minimum absolute atomic E-state index is 0.0440. The first-order chi connectivity index (χ1) is 13.1. The first kappa shape index (κ1) is 17.9. The first-order valence-corrected chi connectivity index (χ1v) is 9.87. The first-order valence-electron chi connectivity index (χ1n) is 9.06. The second-order valence-electron chi connectivity index (χ2n) is 6.70. The third-order valence-electron chi connectivity index (χ3n) is 4.78. The lowest BCUT2D eigenvalue weighted by atomic mass is 10.0. The van der Waals surface area contributed by atoms with Gasteiger partial charge in [0.25, 0.3) is 5.56 Å². The number of nitrogens with zero attached hydrogens (tertiary/aromatic N) is 2. The van der Waals surface area contributed by atoms with Gasteiger partial charge in [0.2, 0.25) is 5.91 Å². The van der Waals surface area contributed by atoms with Crippen molar-refractivity contribution in [3.8, 4) is 11.1 Å². The number of hydrogen-bond donors (Lipinski definition) is 1. The van der Waals surface area contributed by atoms with Gasteiger partial charge in [-0.05, 0) is 25.3 Å². The lowest BCUT2D eigenvalue weighted by Gasteiger charge is -2.11. The zero-order valence-electron chi connectivity index (χ0n) is 15.1. The lowest BCUT2D eigenvalue weighted by Crippen LogP contribution is -2.36. The molecule has 1 aliphatic rings. The monoisotopic (exact) mass is 383 g/mol. The molecule has 1 saturated heterocycles. The maximum Gasteiger partial charge on any atom is 0.263 e. The van der Waals surface area contributed by atoms with Crippen molar-refractivity contribution in [1.82, 2.24) is 14.9 Å². The number of amides is 1. The van der Waals surface area contributed by atoms with Gasteiger partial charge in [-0.1, -0.05) is 30.3 Å². The number of rotatable bonds is 5. The second-order valence-corrected chi connectivity index (χ2v) is 7.90. The second kappa shape index (κ2) is 7.62. The summed E-state index contributed by atoms with van der Waals surface area (Å²) in [6, 6.07) is 9.82. The summed E-state index contributed by atoms with van der Waals surface area (Å²) >= 11 is 1.50. The summed E-state index contributed by atoms with van der Waals surface area (Å²) in [4.78, 5) is 31.5. The summed E-state index contributed by atoms with van der Waals surface area (Å²) in [6.45, 7) is 3.18. The number of benzene rings is 1. The van der Waals surface area contributed by atoms with Crippen molar-refractivity contribution in [2.45, 2.75) is 32.4 Å². The number of aromatic nitrogens is 2. The fourth-order valence-electron chi connectivity index (χ4n) is 3.45. The van der Waals surface area contributed by atoms with Crippen molar-refractivity contribution < 1.29 is 9.53 Å². The Bertz CT molecular complexity index is 1020. The molecule has 7 heteroatoms. The Morgan fingerprint density at radius 3 is 2.93 bits per heavy atom. The normalized spacial score (nSPS) is 16.7. The molecule has 0 spiro atoms. The van der Waals surface area contributed by atoms with Crippen LogP contribution in [-0.4, -0.2) is 34.7 Å². The van der Waals surface area contributed by atoms with Gasteiger partial charge in [-0.2, -0.15) is 0 Å². The average Bonchev–Trinajstić information content (AvgIpc) is 3.30. The molecule has 1 amide bonds. The van der Waals surface area contributed by atoms with Gasteiger partial charge < -0.3 is 10.1 Å². The molecule has 0 aliphatic carbocycles. The minimum Gasteiger partial charge on any atom is -0.376 e. The van der Waals surface area contributed by atoms with Crippen LogP contribution in [0.2, 0.25) is 0 Å². The molecular formula is C20H21N3O3S. The predicted molar refractivity (Wildman–Crippen MR) is 106 cm³/mol. The summed E-state index contributed by atoms with van der Waals surface area (Å²) in [5, 5.41) is 3.43. The molecule has 140 valence electrons. The topological polar surface area (TPSA) is 73.2 Å². The molecule has 1 aliphatic heterocycles. The van der Waals surface area contributed by atoms with Gasteiger partial charge in [-0.3, -0.25) is 14.2 Å². The fraction of sp³-hybridized carbons (Fsp3) is 0.350. The van der Waals surface area contributed by atoms with Gasteiger partial charge in [0.15, 0.2) is 0 Å². The van der Waals surface area contributed by atoms with Gasteiger partial charge in [0.05, 0.1) is 17.8 Å². The number of nitrogens with one attached hydrogen (secondary N) is 1. The Labute approximate surface area is 160 Å². The number of hydrogen-bond acceptors (Lipinski definition) is 5. The van der Waals surface area contributed by atoms with Gasteiger partial charge in [-0.15, -0.1) is 11.3 Å².